The number of hydrogen-bond donors (Lipinski definition) is 2. The number of benzene rings is 2. The van der Waals surface area contributed by atoms with E-state index in [-0.39, 0.29) is 24.8 Å². The Balaban J connectivity index is 1.79. The molecule has 25 heavy (non-hydrogen) atoms. The number of rotatable bonds is 8. The smallest absolute Gasteiger partial charge is 0.243 e. The summed E-state index contributed by atoms with van der Waals surface area (Å²) in [5.41, 5.74) is 2.77. The van der Waals surface area contributed by atoms with Crippen LogP contribution in [0.4, 0.5) is 11.4 Å². The Morgan fingerprint density at radius 3 is 2.12 bits per heavy atom. The Morgan fingerprint density at radius 1 is 0.880 bits per heavy atom. The highest BCUT2D eigenvalue weighted by Crippen LogP contribution is 2.17. The maximum absolute atomic E-state index is 12.0. The molecule has 0 aliphatic rings. The van der Waals surface area contributed by atoms with Crippen LogP contribution in [-0.4, -0.2) is 31.4 Å². The topological polar surface area (TPSA) is 61.4 Å². The van der Waals surface area contributed by atoms with E-state index in [9.17, 15) is 9.59 Å². The van der Waals surface area contributed by atoms with Crippen molar-refractivity contribution >= 4 is 23.2 Å². The highest BCUT2D eigenvalue weighted by atomic mass is 16.2. The zero-order valence-corrected chi connectivity index (χ0v) is 14.8. The molecule has 0 aromatic heterocycles. The Bertz CT molecular complexity index is 680. The molecule has 0 fully saturated rings. The lowest BCUT2D eigenvalue weighted by Crippen LogP contribution is -2.33. The van der Waals surface area contributed by atoms with Crippen LogP contribution in [0.1, 0.15) is 19.4 Å². The number of nitrogens with zero attached hydrogens (tertiary/aromatic N) is 1. The van der Waals surface area contributed by atoms with Gasteiger partial charge < -0.3 is 15.5 Å². The summed E-state index contributed by atoms with van der Waals surface area (Å²) in [7, 11) is 0. The third kappa shape index (κ3) is 5.95. The molecule has 0 radical (unpaired) electrons. The van der Waals surface area contributed by atoms with Gasteiger partial charge in [-0.15, -0.1) is 0 Å². The molecule has 0 saturated heterocycles. The molecular weight excluding hydrogens is 314 g/mol. The summed E-state index contributed by atoms with van der Waals surface area (Å²) in [6.45, 7) is 6.06. The number of carbonyl (C=O) groups is 2. The average Bonchev–Trinajstić information content (AvgIpc) is 2.63. The summed E-state index contributed by atoms with van der Waals surface area (Å²) >= 11 is 0. The predicted molar refractivity (Wildman–Crippen MR) is 102 cm³/mol. The van der Waals surface area contributed by atoms with Crippen LogP contribution in [0.3, 0.4) is 0 Å². The van der Waals surface area contributed by atoms with Crippen LogP contribution in [0.15, 0.2) is 54.6 Å². The summed E-state index contributed by atoms with van der Waals surface area (Å²) < 4.78 is 0. The molecule has 2 aromatic carbocycles. The van der Waals surface area contributed by atoms with E-state index in [1.165, 1.54) is 0 Å². The fourth-order valence-electron chi connectivity index (χ4n) is 2.57. The van der Waals surface area contributed by atoms with Gasteiger partial charge in [0.1, 0.15) is 0 Å². The van der Waals surface area contributed by atoms with Crippen molar-refractivity contribution in [3.05, 3.63) is 60.2 Å². The molecule has 0 aliphatic carbocycles. The van der Waals surface area contributed by atoms with Crippen molar-refractivity contribution in [2.75, 3.05) is 29.9 Å². The van der Waals surface area contributed by atoms with Crippen molar-refractivity contribution in [1.29, 1.82) is 0 Å². The van der Waals surface area contributed by atoms with Crippen LogP contribution in [0.25, 0.3) is 0 Å². The zero-order chi connectivity index (χ0) is 18.1. The summed E-state index contributed by atoms with van der Waals surface area (Å²) in [5.74, 6) is -0.407. The van der Waals surface area contributed by atoms with E-state index in [0.29, 0.717) is 0 Å². The maximum Gasteiger partial charge on any atom is 0.243 e. The number of carbonyl (C=O) groups excluding carboxylic acids is 2. The molecular formula is C20H25N3O2. The largest absolute Gasteiger partial charge is 0.372 e. The molecule has 2 aromatic rings. The predicted octanol–water partition coefficient (Wildman–Crippen LogP) is 2.83. The molecule has 0 atom stereocenters. The first-order chi connectivity index (χ1) is 12.1. The first-order valence-electron chi connectivity index (χ1n) is 8.57. The van der Waals surface area contributed by atoms with Crippen LogP contribution in [0.2, 0.25) is 0 Å². The van der Waals surface area contributed by atoms with E-state index < -0.39 is 0 Å². The molecule has 0 spiro atoms. The van der Waals surface area contributed by atoms with Gasteiger partial charge in [-0.25, -0.2) is 0 Å². The lowest BCUT2D eigenvalue weighted by Gasteiger charge is -2.21. The molecule has 0 bridgehead atoms. The first kappa shape index (κ1) is 18.5. The summed E-state index contributed by atoms with van der Waals surface area (Å²) in [6, 6.07) is 17.2. The van der Waals surface area contributed by atoms with E-state index in [1.54, 1.807) is 0 Å². The minimum Gasteiger partial charge on any atom is -0.372 e. The lowest BCUT2D eigenvalue weighted by atomic mass is 10.1. The first-order valence-corrected chi connectivity index (χ1v) is 8.57. The number of nitrogens with one attached hydrogen (secondary N) is 2. The summed E-state index contributed by atoms with van der Waals surface area (Å²) in [5, 5.41) is 5.43. The van der Waals surface area contributed by atoms with Crippen molar-refractivity contribution in [2.24, 2.45) is 0 Å². The van der Waals surface area contributed by atoms with Crippen molar-refractivity contribution in [3.8, 4) is 0 Å². The highest BCUT2D eigenvalue weighted by Gasteiger charge is 2.07. The molecule has 5 nitrogen and oxygen atoms in total. The van der Waals surface area contributed by atoms with Gasteiger partial charge in [-0.3, -0.25) is 9.59 Å². The Morgan fingerprint density at radius 2 is 1.52 bits per heavy atom. The van der Waals surface area contributed by atoms with E-state index >= 15 is 0 Å². The Hall–Kier alpha value is -2.82. The molecule has 2 rings (SSSR count). The van der Waals surface area contributed by atoms with Crippen LogP contribution in [-0.2, 0) is 16.0 Å². The normalized spacial score (nSPS) is 10.2. The van der Waals surface area contributed by atoms with Gasteiger partial charge >= 0.3 is 0 Å². The lowest BCUT2D eigenvalue weighted by molar-refractivity contribution is -0.123. The van der Waals surface area contributed by atoms with Crippen LogP contribution >= 0.6 is 0 Å². The second kappa shape index (κ2) is 9.47. The highest BCUT2D eigenvalue weighted by molar-refractivity contribution is 5.94. The van der Waals surface area contributed by atoms with Crippen LogP contribution < -0.4 is 15.5 Å². The van der Waals surface area contributed by atoms with Gasteiger partial charge in [0, 0.05) is 24.5 Å². The van der Waals surface area contributed by atoms with Gasteiger partial charge in [0.15, 0.2) is 0 Å². The quantitative estimate of drug-likeness (QED) is 0.777. The van der Waals surface area contributed by atoms with Gasteiger partial charge in [-0.1, -0.05) is 30.3 Å². The van der Waals surface area contributed by atoms with Gasteiger partial charge in [0.2, 0.25) is 11.8 Å². The fourth-order valence-corrected chi connectivity index (χ4v) is 2.57. The van der Waals surface area contributed by atoms with Crippen LogP contribution in [0, 0.1) is 0 Å². The maximum atomic E-state index is 12.0. The second-order valence-corrected chi connectivity index (χ2v) is 5.71. The van der Waals surface area contributed by atoms with Crippen molar-refractivity contribution in [3.63, 3.8) is 0 Å². The number of hydrogen-bond acceptors (Lipinski definition) is 3. The molecule has 0 unspecified atom stereocenters. The molecule has 0 aliphatic heterocycles. The van der Waals surface area contributed by atoms with Gasteiger partial charge in [0.05, 0.1) is 13.0 Å². The van der Waals surface area contributed by atoms with Gasteiger partial charge in [0.25, 0.3) is 0 Å². The van der Waals surface area contributed by atoms with Crippen molar-refractivity contribution in [1.82, 2.24) is 5.32 Å². The van der Waals surface area contributed by atoms with Gasteiger partial charge in [-0.05, 0) is 43.7 Å². The molecule has 5 heteroatoms. The van der Waals surface area contributed by atoms with E-state index in [2.05, 4.69) is 29.4 Å². The van der Waals surface area contributed by atoms with Crippen molar-refractivity contribution < 1.29 is 9.59 Å². The van der Waals surface area contributed by atoms with Crippen LogP contribution in [0.5, 0.6) is 0 Å². The van der Waals surface area contributed by atoms with E-state index in [0.717, 1.165) is 30.0 Å². The van der Waals surface area contributed by atoms with Gasteiger partial charge in [-0.2, -0.15) is 0 Å². The van der Waals surface area contributed by atoms with E-state index in [1.807, 2.05) is 54.6 Å². The molecule has 0 saturated carbocycles. The minimum atomic E-state index is -0.239. The third-order valence-electron chi connectivity index (χ3n) is 3.93. The minimum absolute atomic E-state index is 0.0382. The second-order valence-electron chi connectivity index (χ2n) is 5.71. The van der Waals surface area contributed by atoms with E-state index in [4.69, 9.17) is 0 Å². The molecule has 0 heterocycles. The molecule has 2 amide bonds. The Labute approximate surface area is 149 Å². The number of amides is 2. The monoisotopic (exact) mass is 339 g/mol. The third-order valence-corrected chi connectivity index (χ3v) is 3.93. The number of anilines is 2. The zero-order valence-electron chi connectivity index (χ0n) is 14.8. The van der Waals surface area contributed by atoms with Crippen molar-refractivity contribution in [2.45, 2.75) is 20.3 Å². The fraction of sp³-hybridized carbons (Fsp3) is 0.300. The molecule has 2 N–H and O–H groups in total. The summed E-state index contributed by atoms with van der Waals surface area (Å²) in [6.07, 6.45) is 0.271. The average molecular weight is 339 g/mol. The SMILES string of the molecule is CCN(CC)c1ccc(NC(=O)CNC(=O)Cc2ccccc2)cc1. The standard InChI is InChI=1S/C20H25N3O2/c1-3-23(4-2)18-12-10-17(11-13-18)22-20(25)15-21-19(24)14-16-8-6-5-7-9-16/h5-13H,3-4,14-15H2,1-2H3,(H,21,24)(H,22,25). The Kier molecular flexibility index (Phi) is 7.01. The summed E-state index contributed by atoms with van der Waals surface area (Å²) in [4.78, 5) is 26.1. The molecule has 132 valence electrons.